The molecule has 0 saturated carbocycles. The van der Waals surface area contributed by atoms with Crippen LogP contribution in [0.1, 0.15) is 40.7 Å². The van der Waals surface area contributed by atoms with E-state index in [9.17, 15) is 14.7 Å². The molecule has 7 heteroatoms. The van der Waals surface area contributed by atoms with Crippen LogP contribution in [0.15, 0.2) is 41.2 Å². The summed E-state index contributed by atoms with van der Waals surface area (Å²) in [5.74, 6) is -0.283. The van der Waals surface area contributed by atoms with Gasteiger partial charge in [0, 0.05) is 32.4 Å². The Labute approximate surface area is 175 Å². The molecule has 3 aromatic rings. The molecule has 1 aliphatic heterocycles. The average molecular weight is 406 g/mol. The SMILES string of the molecule is Cc1cc(CNc2ccccc2C(=O)O)c2nc(N3CCCCC3)n(C)c(=O)c2c1. The van der Waals surface area contributed by atoms with Crippen molar-refractivity contribution >= 4 is 28.5 Å². The number of fused-ring (bicyclic) bond motifs is 1. The monoisotopic (exact) mass is 406 g/mol. The second kappa shape index (κ2) is 8.18. The normalized spacial score (nSPS) is 14.1. The van der Waals surface area contributed by atoms with Crippen molar-refractivity contribution in [3.05, 3.63) is 63.4 Å². The second-order valence-corrected chi connectivity index (χ2v) is 7.85. The van der Waals surface area contributed by atoms with Crippen LogP contribution >= 0.6 is 0 Å². The first-order chi connectivity index (χ1) is 14.5. The number of aromatic carboxylic acids is 1. The summed E-state index contributed by atoms with van der Waals surface area (Å²) in [6, 6.07) is 10.7. The number of hydrogen-bond acceptors (Lipinski definition) is 5. The summed E-state index contributed by atoms with van der Waals surface area (Å²) in [4.78, 5) is 31.7. The summed E-state index contributed by atoms with van der Waals surface area (Å²) >= 11 is 0. The number of anilines is 2. The number of aromatic nitrogens is 2. The van der Waals surface area contributed by atoms with Gasteiger partial charge < -0.3 is 15.3 Å². The molecule has 0 spiro atoms. The highest BCUT2D eigenvalue weighted by Crippen LogP contribution is 2.24. The summed E-state index contributed by atoms with van der Waals surface area (Å²) in [5, 5.41) is 13.2. The van der Waals surface area contributed by atoms with E-state index in [1.165, 1.54) is 6.42 Å². The lowest BCUT2D eigenvalue weighted by Gasteiger charge is -2.29. The smallest absolute Gasteiger partial charge is 0.337 e. The molecule has 1 saturated heterocycles. The Morgan fingerprint density at radius 1 is 1.17 bits per heavy atom. The van der Waals surface area contributed by atoms with E-state index in [4.69, 9.17) is 4.98 Å². The van der Waals surface area contributed by atoms with Crippen molar-refractivity contribution in [1.82, 2.24) is 9.55 Å². The van der Waals surface area contributed by atoms with Gasteiger partial charge in [0.1, 0.15) is 0 Å². The van der Waals surface area contributed by atoms with Crippen molar-refractivity contribution in [2.45, 2.75) is 32.7 Å². The summed E-state index contributed by atoms with van der Waals surface area (Å²) in [6.45, 7) is 4.13. The molecule has 30 heavy (non-hydrogen) atoms. The summed E-state index contributed by atoms with van der Waals surface area (Å²) in [7, 11) is 1.78. The fraction of sp³-hybridized carbons (Fsp3) is 0.348. The molecule has 2 aromatic carbocycles. The van der Waals surface area contributed by atoms with E-state index >= 15 is 0 Å². The maximum Gasteiger partial charge on any atom is 0.337 e. The van der Waals surface area contributed by atoms with E-state index in [1.807, 2.05) is 19.1 Å². The molecule has 0 unspecified atom stereocenters. The molecule has 2 N–H and O–H groups in total. The molecule has 1 fully saturated rings. The zero-order valence-electron chi connectivity index (χ0n) is 17.3. The number of benzene rings is 2. The van der Waals surface area contributed by atoms with Gasteiger partial charge in [-0.05, 0) is 55.5 Å². The van der Waals surface area contributed by atoms with Crippen LogP contribution in [0.2, 0.25) is 0 Å². The van der Waals surface area contributed by atoms with Crippen LogP contribution in [0.5, 0.6) is 0 Å². The van der Waals surface area contributed by atoms with Gasteiger partial charge >= 0.3 is 5.97 Å². The van der Waals surface area contributed by atoms with Crippen LogP contribution in [0, 0.1) is 6.92 Å². The first kappa shape index (κ1) is 19.9. The fourth-order valence-electron chi connectivity index (χ4n) is 4.12. The second-order valence-electron chi connectivity index (χ2n) is 7.85. The van der Waals surface area contributed by atoms with Crippen LogP contribution in [0.4, 0.5) is 11.6 Å². The van der Waals surface area contributed by atoms with Crippen LogP contribution in [0.3, 0.4) is 0 Å². The Morgan fingerprint density at radius 2 is 1.90 bits per heavy atom. The van der Waals surface area contributed by atoms with E-state index in [-0.39, 0.29) is 11.1 Å². The molecule has 1 aromatic heterocycles. The van der Waals surface area contributed by atoms with Crippen molar-refractivity contribution in [2.24, 2.45) is 7.05 Å². The highest BCUT2D eigenvalue weighted by molar-refractivity contribution is 5.94. The Morgan fingerprint density at radius 3 is 2.63 bits per heavy atom. The number of nitrogens with zero attached hydrogens (tertiary/aromatic N) is 3. The highest BCUT2D eigenvalue weighted by atomic mass is 16.4. The molecule has 2 heterocycles. The van der Waals surface area contributed by atoms with E-state index in [0.29, 0.717) is 29.1 Å². The molecule has 0 aliphatic carbocycles. The first-order valence-electron chi connectivity index (χ1n) is 10.3. The van der Waals surface area contributed by atoms with Crippen LogP contribution in [-0.2, 0) is 13.6 Å². The van der Waals surface area contributed by atoms with E-state index in [1.54, 1.807) is 35.9 Å². The number of carboxylic acid groups (broad SMARTS) is 1. The molecule has 4 rings (SSSR count). The topological polar surface area (TPSA) is 87.5 Å². The Hall–Kier alpha value is -3.35. The fourth-order valence-corrected chi connectivity index (χ4v) is 4.12. The number of carbonyl (C=O) groups is 1. The van der Waals surface area contributed by atoms with Crippen LogP contribution < -0.4 is 15.8 Å². The summed E-state index contributed by atoms with van der Waals surface area (Å²) in [6.07, 6.45) is 3.40. The van der Waals surface area contributed by atoms with Gasteiger partial charge in [0.15, 0.2) is 0 Å². The van der Waals surface area contributed by atoms with Gasteiger partial charge in [0.25, 0.3) is 5.56 Å². The third-order valence-corrected chi connectivity index (χ3v) is 5.65. The lowest BCUT2D eigenvalue weighted by molar-refractivity contribution is 0.0698. The summed E-state index contributed by atoms with van der Waals surface area (Å²) < 4.78 is 1.64. The predicted molar refractivity (Wildman–Crippen MR) is 119 cm³/mol. The number of carboxylic acids is 1. The largest absolute Gasteiger partial charge is 0.478 e. The number of rotatable bonds is 5. The van der Waals surface area contributed by atoms with Gasteiger partial charge in [0.05, 0.1) is 16.5 Å². The van der Waals surface area contributed by atoms with Gasteiger partial charge in [-0.3, -0.25) is 9.36 Å². The quantitative estimate of drug-likeness (QED) is 0.674. The van der Waals surface area contributed by atoms with Gasteiger partial charge in [-0.15, -0.1) is 0 Å². The van der Waals surface area contributed by atoms with Crippen LogP contribution in [-0.4, -0.2) is 33.7 Å². The third-order valence-electron chi connectivity index (χ3n) is 5.65. The highest BCUT2D eigenvalue weighted by Gasteiger charge is 2.19. The van der Waals surface area contributed by atoms with Crippen molar-refractivity contribution in [3.63, 3.8) is 0 Å². The van der Waals surface area contributed by atoms with Crippen molar-refractivity contribution < 1.29 is 9.90 Å². The number of piperidine rings is 1. The molecule has 156 valence electrons. The zero-order chi connectivity index (χ0) is 21.3. The molecule has 0 bridgehead atoms. The minimum absolute atomic E-state index is 0.0588. The standard InChI is InChI=1S/C23H26N4O3/c1-15-12-16(14-24-19-9-5-4-8-17(19)22(29)30)20-18(13-15)21(28)26(2)23(25-20)27-10-6-3-7-11-27/h4-5,8-9,12-13,24H,3,6-7,10-11,14H2,1-2H3,(H,29,30). The number of nitrogens with one attached hydrogen (secondary N) is 1. The average Bonchev–Trinajstić information content (AvgIpc) is 2.75. The van der Waals surface area contributed by atoms with E-state index in [2.05, 4.69) is 10.2 Å². The molecular weight excluding hydrogens is 380 g/mol. The third kappa shape index (κ3) is 3.75. The lowest BCUT2D eigenvalue weighted by Crippen LogP contribution is -2.35. The minimum atomic E-state index is -0.980. The zero-order valence-corrected chi connectivity index (χ0v) is 17.3. The molecule has 0 amide bonds. The van der Waals surface area contributed by atoms with Crippen molar-refractivity contribution in [3.8, 4) is 0 Å². The molecule has 7 nitrogen and oxygen atoms in total. The number of hydrogen-bond donors (Lipinski definition) is 2. The molecular formula is C23H26N4O3. The minimum Gasteiger partial charge on any atom is -0.478 e. The molecule has 0 atom stereocenters. The van der Waals surface area contributed by atoms with Crippen molar-refractivity contribution in [2.75, 3.05) is 23.3 Å². The molecule has 0 radical (unpaired) electrons. The Balaban J connectivity index is 1.77. The maximum atomic E-state index is 13.1. The predicted octanol–water partition coefficient (Wildman–Crippen LogP) is 3.54. The Kier molecular flexibility index (Phi) is 5.44. The van der Waals surface area contributed by atoms with Gasteiger partial charge in [-0.1, -0.05) is 18.2 Å². The first-order valence-corrected chi connectivity index (χ1v) is 10.3. The summed E-state index contributed by atoms with van der Waals surface area (Å²) in [5.41, 5.74) is 3.21. The van der Waals surface area contributed by atoms with Gasteiger partial charge in [-0.2, -0.15) is 0 Å². The Bertz CT molecular complexity index is 1160. The maximum absolute atomic E-state index is 13.1. The number of para-hydroxylation sites is 1. The van der Waals surface area contributed by atoms with E-state index < -0.39 is 5.97 Å². The van der Waals surface area contributed by atoms with Crippen molar-refractivity contribution in [1.29, 1.82) is 0 Å². The lowest BCUT2D eigenvalue weighted by atomic mass is 10.1. The van der Waals surface area contributed by atoms with Crippen LogP contribution in [0.25, 0.3) is 10.9 Å². The van der Waals surface area contributed by atoms with E-state index in [0.717, 1.165) is 37.1 Å². The number of aryl methyl sites for hydroxylation is 1. The molecule has 1 aliphatic rings. The van der Waals surface area contributed by atoms with Gasteiger partial charge in [-0.25, -0.2) is 9.78 Å². The van der Waals surface area contributed by atoms with Gasteiger partial charge in [0.2, 0.25) is 5.95 Å².